The molecule has 2 aromatic heterocycles. The van der Waals surface area contributed by atoms with Crippen LogP contribution in [0.3, 0.4) is 0 Å². The van der Waals surface area contributed by atoms with Crippen molar-refractivity contribution >= 4 is 30.2 Å². The third-order valence-electron chi connectivity index (χ3n) is 16.8. The van der Waals surface area contributed by atoms with Gasteiger partial charge in [0.1, 0.15) is 47.5 Å². The van der Waals surface area contributed by atoms with E-state index in [0.29, 0.717) is 52.1 Å². The Balaban J connectivity index is 0.000000272. The van der Waals surface area contributed by atoms with E-state index < -0.39 is 70.6 Å². The van der Waals surface area contributed by atoms with Crippen molar-refractivity contribution in [1.82, 2.24) is 49.3 Å². The first-order valence-corrected chi connectivity index (χ1v) is 34.7. The minimum absolute atomic E-state index is 0.0179. The lowest BCUT2D eigenvalue weighted by Gasteiger charge is -2.39. The van der Waals surface area contributed by atoms with Crippen molar-refractivity contribution in [2.24, 2.45) is 0 Å². The monoisotopic (exact) mass is 1410 g/mol. The number of benzene rings is 2. The summed E-state index contributed by atoms with van der Waals surface area (Å²) in [6, 6.07) is 15.6. The fourth-order valence-electron chi connectivity index (χ4n) is 11.9. The fourth-order valence-corrected chi connectivity index (χ4v) is 11.9. The molecule has 4 aliphatic rings. The number of likely N-dealkylation sites (tertiary alicyclic amines) is 2. The molecule has 0 bridgehead atoms. The molecule has 552 valence electrons. The molecule has 0 saturated carbocycles. The lowest BCUT2D eigenvalue weighted by atomic mass is 10.0. The van der Waals surface area contributed by atoms with E-state index in [1.165, 1.54) is 35.4 Å². The Hall–Kier alpha value is -9.45. The van der Waals surface area contributed by atoms with Crippen molar-refractivity contribution < 1.29 is 62.6 Å². The van der Waals surface area contributed by atoms with Gasteiger partial charge in [-0.3, -0.25) is 48.1 Å². The lowest BCUT2D eigenvalue weighted by Crippen LogP contribution is -2.51. The Bertz CT molecular complexity index is 3930. The first kappa shape index (κ1) is 81.5. The number of hydrogen-bond acceptors (Lipinski definition) is 19. The van der Waals surface area contributed by atoms with Crippen molar-refractivity contribution in [3.63, 3.8) is 0 Å². The Morgan fingerprint density at radius 1 is 0.637 bits per heavy atom. The molecular formula is C75H100N10O17. The second-order valence-corrected chi connectivity index (χ2v) is 27.2. The maximum atomic E-state index is 13.1. The van der Waals surface area contributed by atoms with Gasteiger partial charge in [-0.05, 0) is 128 Å². The summed E-state index contributed by atoms with van der Waals surface area (Å²) >= 11 is 0. The summed E-state index contributed by atoms with van der Waals surface area (Å²) in [7, 11) is 0. The van der Waals surface area contributed by atoms with E-state index in [9.17, 15) is 53.4 Å². The van der Waals surface area contributed by atoms with Crippen molar-refractivity contribution in [2.45, 2.75) is 207 Å². The SMILES string of the molecule is C#Cc1ccc(CN(CCO)CC2CCCCN2C(=O)OC(C)(C)C)cc1.C#Cc1ccc(CN(CCOC(=O)OC2C[C@H](n3cc(C#CCNC(C)=O)c(=O)[nH]c3=O)O[C@@H]2CC)CC2CCCCN2C(=O)OC(C)(C)C)cc1.CC[C@H]1O[C@@H](n2cc(C#CCNC(C)=O)c(=O)[nH]c2=O)CC1O. The number of aliphatic hydroxyl groups excluding tert-OH is 2. The second kappa shape index (κ2) is 39.7. The summed E-state index contributed by atoms with van der Waals surface area (Å²) in [5.41, 5.74) is 0.194. The van der Waals surface area contributed by atoms with Crippen LogP contribution in [-0.4, -0.2) is 192 Å². The number of nitrogens with one attached hydrogen (secondary N) is 4. The van der Waals surface area contributed by atoms with Crippen LogP contribution in [0.15, 0.2) is 80.1 Å². The number of carbonyl (C=O) groups excluding carboxylic acids is 5. The van der Waals surface area contributed by atoms with E-state index in [2.05, 4.69) is 65.9 Å². The number of amides is 4. The van der Waals surface area contributed by atoms with E-state index in [1.807, 2.05) is 109 Å². The van der Waals surface area contributed by atoms with Crippen molar-refractivity contribution in [1.29, 1.82) is 0 Å². The Labute approximate surface area is 596 Å². The highest BCUT2D eigenvalue weighted by Crippen LogP contribution is 2.33. The van der Waals surface area contributed by atoms with Gasteiger partial charge in [-0.1, -0.05) is 73.6 Å². The minimum atomic E-state index is -0.877. The molecule has 6 N–H and O–H groups in total. The molecule has 4 unspecified atom stereocenters. The molecule has 4 aromatic rings. The summed E-state index contributed by atoms with van der Waals surface area (Å²) in [5, 5.41) is 24.4. The first-order valence-electron chi connectivity index (χ1n) is 34.7. The van der Waals surface area contributed by atoms with Crippen LogP contribution in [0.4, 0.5) is 14.4 Å². The minimum Gasteiger partial charge on any atom is -0.444 e. The number of ether oxygens (including phenoxy) is 6. The summed E-state index contributed by atoms with van der Waals surface area (Å²) in [6.45, 7) is 22.7. The van der Waals surface area contributed by atoms with Gasteiger partial charge in [0, 0.05) is 115 Å². The van der Waals surface area contributed by atoms with Gasteiger partial charge in [-0.2, -0.15) is 0 Å². The third-order valence-corrected chi connectivity index (χ3v) is 16.8. The molecule has 2 aromatic carbocycles. The van der Waals surface area contributed by atoms with Gasteiger partial charge in [-0.15, -0.1) is 12.8 Å². The van der Waals surface area contributed by atoms with E-state index in [0.717, 1.165) is 73.9 Å². The van der Waals surface area contributed by atoms with Gasteiger partial charge in [0.05, 0.1) is 38.0 Å². The molecule has 102 heavy (non-hydrogen) atoms. The number of H-pyrrole nitrogens is 2. The molecule has 0 aliphatic carbocycles. The van der Waals surface area contributed by atoms with Crippen molar-refractivity contribution in [2.75, 3.05) is 65.6 Å². The first-order chi connectivity index (χ1) is 48.5. The number of piperidine rings is 2. The molecule has 27 heteroatoms. The van der Waals surface area contributed by atoms with Crippen molar-refractivity contribution in [3.05, 3.63) is 136 Å². The third kappa shape index (κ3) is 26.5. The molecule has 4 amide bonds. The summed E-state index contributed by atoms with van der Waals surface area (Å²) in [4.78, 5) is 122. The summed E-state index contributed by atoms with van der Waals surface area (Å²) < 4.78 is 36.6. The molecule has 8 atom stereocenters. The summed E-state index contributed by atoms with van der Waals surface area (Å²) in [6.07, 6.45) is 15.7. The molecule has 6 heterocycles. The average molecular weight is 1410 g/mol. The van der Waals surface area contributed by atoms with Gasteiger partial charge in [-0.25, -0.2) is 24.0 Å². The van der Waals surface area contributed by atoms with Gasteiger partial charge in [0.15, 0.2) is 0 Å². The zero-order chi connectivity index (χ0) is 74.7. The van der Waals surface area contributed by atoms with Gasteiger partial charge in [0.25, 0.3) is 11.1 Å². The number of rotatable bonds is 20. The average Bonchev–Trinajstić information content (AvgIpc) is 1.63. The highest BCUT2D eigenvalue weighted by Gasteiger charge is 2.40. The topological polar surface area (TPSA) is 328 Å². The summed E-state index contributed by atoms with van der Waals surface area (Å²) in [5.74, 6) is 15.3. The number of aliphatic hydroxyl groups is 2. The van der Waals surface area contributed by atoms with Gasteiger partial charge in [0.2, 0.25) is 11.8 Å². The molecule has 4 fully saturated rings. The predicted molar refractivity (Wildman–Crippen MR) is 381 cm³/mol. The maximum absolute atomic E-state index is 13.1. The molecule has 4 saturated heterocycles. The van der Waals surface area contributed by atoms with Crippen LogP contribution in [-0.2, 0) is 51.1 Å². The van der Waals surface area contributed by atoms with E-state index in [1.54, 1.807) is 4.90 Å². The Kier molecular flexibility index (Phi) is 31.7. The molecular weight excluding hydrogens is 1310 g/mol. The van der Waals surface area contributed by atoms with Crippen LogP contribution in [0.1, 0.15) is 179 Å². The standard InChI is InChI=1S/C38H49N5O9.C22H32N2O3.C15H19N3O5/c1-7-27-14-16-28(17-15-27)23-41(25-30-13-9-10-19-42(30)36(47)52-38(4,5)6)20-21-49-37(48)51-32-22-33(50-31(32)8-2)43-24-29(34(45)40-35(43)46)12-11-18-39-26(3)44;1-5-18-9-11-19(12-10-18)16-23(14-15-25)17-20-8-6-7-13-24(20)21(26)27-22(2,3)4;1-3-12-11(20)7-13(23-12)18-8-10(14(21)17-15(18)22)5-4-6-16-9(2)19/h1,14-17,24,30-33H,8-10,13,18-23,25H2,2-6H3,(H,39,44)(H,40,45,46);1,9-12,20,25H,6-8,13-17H2,2-4H3;8,11-13,20H,3,6-7H2,1-2H3,(H,16,19)(H,17,21,22)/t30?,31-,32?,33-;;11?,12-,13-/m1.1/s1. The zero-order valence-corrected chi connectivity index (χ0v) is 60.3. The van der Waals surface area contributed by atoms with Crippen LogP contribution in [0.2, 0.25) is 0 Å². The van der Waals surface area contributed by atoms with Crippen molar-refractivity contribution in [3.8, 4) is 48.4 Å². The Morgan fingerprint density at radius 2 is 1.07 bits per heavy atom. The highest BCUT2D eigenvalue weighted by atomic mass is 16.7. The zero-order valence-electron chi connectivity index (χ0n) is 60.3. The molecule has 8 rings (SSSR count). The van der Waals surface area contributed by atoms with Crippen LogP contribution in [0.5, 0.6) is 0 Å². The van der Waals surface area contributed by atoms with E-state index in [4.69, 9.17) is 41.3 Å². The predicted octanol–water partition coefficient (Wildman–Crippen LogP) is 5.85. The number of terminal acetylenes is 2. The van der Waals surface area contributed by atoms with Crippen LogP contribution >= 0.6 is 0 Å². The fraction of sp³-hybridized carbons (Fsp3) is 0.560. The number of nitrogens with zero attached hydrogens (tertiary/aromatic N) is 6. The van der Waals surface area contributed by atoms with Gasteiger partial charge >= 0.3 is 29.7 Å². The van der Waals surface area contributed by atoms with Crippen LogP contribution in [0, 0.1) is 48.4 Å². The highest BCUT2D eigenvalue weighted by molar-refractivity contribution is 5.73. The molecule has 27 nitrogen and oxygen atoms in total. The Morgan fingerprint density at radius 3 is 1.47 bits per heavy atom. The molecule has 4 aliphatic heterocycles. The van der Waals surface area contributed by atoms with E-state index in [-0.39, 0.29) is 92.5 Å². The quantitative estimate of drug-likeness (QED) is 0.0343. The molecule has 0 radical (unpaired) electrons. The number of carbonyl (C=O) groups is 5. The normalized spacial score (nSPS) is 20.1. The maximum Gasteiger partial charge on any atom is 0.508 e. The van der Waals surface area contributed by atoms with E-state index >= 15 is 0 Å². The smallest absolute Gasteiger partial charge is 0.444 e. The van der Waals surface area contributed by atoms with Crippen LogP contribution < -0.4 is 33.1 Å². The number of aromatic nitrogens is 4. The number of aromatic amines is 2. The van der Waals surface area contributed by atoms with Crippen LogP contribution in [0.25, 0.3) is 0 Å². The molecule has 0 spiro atoms. The second-order valence-electron chi connectivity index (χ2n) is 27.2. The lowest BCUT2D eigenvalue weighted by molar-refractivity contribution is -0.119. The number of hydrogen-bond donors (Lipinski definition) is 6. The largest absolute Gasteiger partial charge is 0.508 e. The van der Waals surface area contributed by atoms with Gasteiger partial charge < -0.3 is 59.1 Å².